The molecule has 11 atom stereocenters. The lowest BCUT2D eigenvalue weighted by Gasteiger charge is -2.45. The first-order chi connectivity index (χ1) is 11.7. The molecule has 0 aromatic carbocycles. The fourth-order valence-corrected chi connectivity index (χ4v) is 4.17. The Labute approximate surface area is 142 Å². The Morgan fingerprint density at radius 1 is 1.08 bits per heavy atom. The highest BCUT2D eigenvalue weighted by Crippen LogP contribution is 2.61. The number of aliphatic hydroxyl groups is 6. The summed E-state index contributed by atoms with van der Waals surface area (Å²) < 4.78 is 21.8. The minimum Gasteiger partial charge on any atom is -0.472 e. The molecule has 0 bridgehead atoms. The van der Waals surface area contributed by atoms with E-state index in [4.69, 9.17) is 18.9 Å². The molecule has 2 saturated heterocycles. The third kappa shape index (κ3) is 2.30. The van der Waals surface area contributed by atoms with Crippen molar-refractivity contribution in [3.8, 4) is 0 Å². The predicted molar refractivity (Wildman–Crippen MR) is 76.6 cm³/mol. The molecule has 3 aliphatic heterocycles. The quantitative estimate of drug-likeness (QED) is 0.278. The molecule has 0 spiro atoms. The maximum absolute atomic E-state index is 10.8. The van der Waals surface area contributed by atoms with Crippen molar-refractivity contribution in [3.63, 3.8) is 0 Å². The number of hydrogen-bond donors (Lipinski definition) is 6. The van der Waals surface area contributed by atoms with Gasteiger partial charge in [0.15, 0.2) is 6.29 Å². The molecule has 10 heteroatoms. The molecule has 1 aliphatic carbocycles. The second-order valence-electron chi connectivity index (χ2n) is 7.17. The van der Waals surface area contributed by atoms with Gasteiger partial charge in [-0.15, -0.1) is 0 Å². The van der Waals surface area contributed by atoms with Gasteiger partial charge in [-0.2, -0.15) is 0 Å². The predicted octanol–water partition coefficient (Wildman–Crippen LogP) is -3.45. The Morgan fingerprint density at radius 2 is 1.80 bits per heavy atom. The van der Waals surface area contributed by atoms with Crippen molar-refractivity contribution in [2.24, 2.45) is 5.92 Å². The van der Waals surface area contributed by atoms with E-state index in [2.05, 4.69) is 0 Å². The van der Waals surface area contributed by atoms with Gasteiger partial charge in [0.05, 0.1) is 18.8 Å². The molecule has 4 rings (SSSR count). The summed E-state index contributed by atoms with van der Waals surface area (Å²) in [5.41, 5.74) is -2.51. The smallest absolute Gasteiger partial charge is 0.210 e. The molecular weight excluding hydrogens is 340 g/mol. The zero-order valence-corrected chi connectivity index (χ0v) is 13.4. The van der Waals surface area contributed by atoms with E-state index in [0.717, 1.165) is 0 Å². The molecule has 0 aromatic heterocycles. The summed E-state index contributed by atoms with van der Waals surface area (Å²) in [5, 5.41) is 60.0. The van der Waals surface area contributed by atoms with Crippen molar-refractivity contribution in [2.45, 2.75) is 67.3 Å². The van der Waals surface area contributed by atoms with Gasteiger partial charge in [0, 0.05) is 0 Å². The molecule has 3 heterocycles. The highest BCUT2D eigenvalue weighted by molar-refractivity contribution is 5.31. The van der Waals surface area contributed by atoms with Crippen molar-refractivity contribution in [2.75, 3.05) is 6.61 Å². The second kappa shape index (κ2) is 5.59. The van der Waals surface area contributed by atoms with Crippen LogP contribution in [0.15, 0.2) is 12.3 Å². The highest BCUT2D eigenvalue weighted by Gasteiger charge is 2.79. The Kier molecular flexibility index (Phi) is 3.93. The molecule has 4 aliphatic rings. The summed E-state index contributed by atoms with van der Waals surface area (Å²) in [6, 6.07) is 0. The van der Waals surface area contributed by atoms with Crippen LogP contribution in [-0.2, 0) is 18.9 Å². The molecule has 0 radical (unpaired) electrons. The minimum absolute atomic E-state index is 0.574. The zero-order valence-electron chi connectivity index (χ0n) is 13.4. The Morgan fingerprint density at radius 3 is 2.48 bits per heavy atom. The molecule has 0 unspecified atom stereocenters. The van der Waals surface area contributed by atoms with Gasteiger partial charge in [0.2, 0.25) is 6.29 Å². The lowest BCUT2D eigenvalue weighted by Crippen LogP contribution is -2.61. The number of fused-ring (bicyclic) bond motifs is 3. The van der Waals surface area contributed by atoms with Crippen LogP contribution in [0, 0.1) is 5.92 Å². The van der Waals surface area contributed by atoms with Gasteiger partial charge < -0.3 is 49.6 Å². The van der Waals surface area contributed by atoms with Crippen molar-refractivity contribution >= 4 is 0 Å². The molecule has 0 aromatic rings. The number of ether oxygens (including phenoxy) is 4. The number of epoxide rings is 1. The molecule has 6 N–H and O–H groups in total. The summed E-state index contributed by atoms with van der Waals surface area (Å²) in [5.74, 6) is -0.808. The van der Waals surface area contributed by atoms with Crippen LogP contribution in [0.5, 0.6) is 0 Å². The van der Waals surface area contributed by atoms with Crippen LogP contribution >= 0.6 is 0 Å². The van der Waals surface area contributed by atoms with E-state index in [-0.39, 0.29) is 0 Å². The van der Waals surface area contributed by atoms with E-state index in [1.807, 2.05) is 0 Å². The van der Waals surface area contributed by atoms with Gasteiger partial charge in [0.25, 0.3) is 0 Å². The highest BCUT2D eigenvalue weighted by atomic mass is 16.8. The molecular formula is C15H22O10. The number of hydrogen-bond acceptors (Lipinski definition) is 10. The fourth-order valence-electron chi connectivity index (χ4n) is 4.17. The average molecular weight is 362 g/mol. The lowest BCUT2D eigenvalue weighted by atomic mass is 9.82. The van der Waals surface area contributed by atoms with E-state index in [1.165, 1.54) is 12.3 Å². The third-order valence-electron chi connectivity index (χ3n) is 5.70. The van der Waals surface area contributed by atoms with E-state index in [9.17, 15) is 30.6 Å². The number of rotatable bonds is 3. The first-order valence-electron chi connectivity index (χ1n) is 8.11. The van der Waals surface area contributed by atoms with Crippen LogP contribution < -0.4 is 0 Å². The van der Waals surface area contributed by atoms with Gasteiger partial charge >= 0.3 is 0 Å². The van der Waals surface area contributed by atoms with Crippen molar-refractivity contribution in [1.82, 2.24) is 0 Å². The Balaban J connectivity index is 1.56. The van der Waals surface area contributed by atoms with E-state index < -0.39 is 72.9 Å². The lowest BCUT2D eigenvalue weighted by molar-refractivity contribution is -0.349. The normalized spacial score (nSPS) is 59.9. The van der Waals surface area contributed by atoms with Crippen LogP contribution in [0.25, 0.3) is 0 Å². The maximum Gasteiger partial charge on any atom is 0.210 e. The third-order valence-corrected chi connectivity index (χ3v) is 5.70. The molecule has 0 amide bonds. The van der Waals surface area contributed by atoms with Gasteiger partial charge in [-0.1, -0.05) is 0 Å². The van der Waals surface area contributed by atoms with Gasteiger partial charge in [0.1, 0.15) is 47.8 Å². The van der Waals surface area contributed by atoms with Gasteiger partial charge in [-0.05, 0) is 13.0 Å². The molecule has 3 fully saturated rings. The van der Waals surface area contributed by atoms with Gasteiger partial charge in [-0.25, -0.2) is 0 Å². The molecule has 1 saturated carbocycles. The van der Waals surface area contributed by atoms with E-state index in [1.54, 1.807) is 6.92 Å². The SMILES string of the molecule is C[C@]12O[C@H]1[C@H](O)[C@]1(O)C=CO[C@@H](O[C@@H]3O[C@H](CO)[C@@H](O)[C@H](O)[C@H]3O)[C@@H]12. The summed E-state index contributed by atoms with van der Waals surface area (Å²) >= 11 is 0. The summed E-state index contributed by atoms with van der Waals surface area (Å²) in [6.45, 7) is 1.11. The average Bonchev–Trinajstić information content (AvgIpc) is 3.22. The van der Waals surface area contributed by atoms with Crippen LogP contribution in [0.3, 0.4) is 0 Å². The van der Waals surface area contributed by atoms with Crippen LogP contribution in [-0.4, -0.2) is 97.7 Å². The van der Waals surface area contributed by atoms with Crippen molar-refractivity contribution in [3.05, 3.63) is 12.3 Å². The summed E-state index contributed by atoms with van der Waals surface area (Å²) in [4.78, 5) is 0. The first-order valence-corrected chi connectivity index (χ1v) is 8.11. The topological polar surface area (TPSA) is 162 Å². The fraction of sp³-hybridized carbons (Fsp3) is 0.867. The van der Waals surface area contributed by atoms with E-state index >= 15 is 0 Å². The van der Waals surface area contributed by atoms with Gasteiger partial charge in [-0.3, -0.25) is 0 Å². The maximum atomic E-state index is 10.8. The van der Waals surface area contributed by atoms with Crippen molar-refractivity contribution in [1.29, 1.82) is 0 Å². The van der Waals surface area contributed by atoms with Crippen LogP contribution in [0.2, 0.25) is 0 Å². The number of aliphatic hydroxyl groups excluding tert-OH is 5. The minimum atomic E-state index is -1.63. The summed E-state index contributed by atoms with van der Waals surface area (Å²) in [6.07, 6.45) is -7.63. The monoisotopic (exact) mass is 362 g/mol. The standard InChI is InChI=1S/C15H22O10/c1-14-9-13(22-3-2-15(9,21)10(20)11(14)25-14)24-12-8(19)7(18)6(17)5(4-16)23-12/h2-3,5-13,16-21H,4H2,1H3/t5-,6-,7+,8-,9-,10+,11+,12+,13+,14-,15+/m1/s1. The second-order valence-corrected chi connectivity index (χ2v) is 7.17. The first kappa shape index (κ1) is 17.6. The van der Waals surface area contributed by atoms with Crippen molar-refractivity contribution < 1.29 is 49.6 Å². The molecule has 10 nitrogen and oxygen atoms in total. The van der Waals surface area contributed by atoms with Crippen LogP contribution in [0.1, 0.15) is 6.92 Å². The summed E-state index contributed by atoms with van der Waals surface area (Å²) in [7, 11) is 0. The Bertz CT molecular complexity index is 569. The molecule has 25 heavy (non-hydrogen) atoms. The Hall–Kier alpha value is -0.820. The molecule has 142 valence electrons. The van der Waals surface area contributed by atoms with Crippen LogP contribution in [0.4, 0.5) is 0 Å². The van der Waals surface area contributed by atoms with E-state index in [0.29, 0.717) is 0 Å². The zero-order chi connectivity index (χ0) is 18.1. The largest absolute Gasteiger partial charge is 0.472 e.